The van der Waals surface area contributed by atoms with Crippen LogP contribution in [0.3, 0.4) is 0 Å². The van der Waals surface area contributed by atoms with Crippen LogP contribution >= 0.6 is 0 Å². The SMILES string of the molecule is O=c1[nH]c2ccc(S(=O)(=O)Nc3ccon3)cc2o1. The highest BCUT2D eigenvalue weighted by Crippen LogP contribution is 2.18. The van der Waals surface area contributed by atoms with Gasteiger partial charge in [0.15, 0.2) is 11.4 Å². The Hall–Kier alpha value is -2.55. The van der Waals surface area contributed by atoms with Crippen molar-refractivity contribution in [3.8, 4) is 0 Å². The lowest BCUT2D eigenvalue weighted by Gasteiger charge is -2.04. The first-order valence-corrected chi connectivity index (χ1v) is 6.59. The summed E-state index contributed by atoms with van der Waals surface area (Å²) in [5.74, 6) is -0.579. The van der Waals surface area contributed by atoms with Gasteiger partial charge in [0, 0.05) is 12.1 Å². The quantitative estimate of drug-likeness (QED) is 0.736. The van der Waals surface area contributed by atoms with Crippen molar-refractivity contribution in [2.24, 2.45) is 0 Å². The Balaban J connectivity index is 2.05. The predicted octanol–water partition coefficient (Wildman–Crippen LogP) is 0.910. The monoisotopic (exact) mass is 281 g/mol. The Kier molecular flexibility index (Phi) is 2.42. The van der Waals surface area contributed by atoms with Crippen LogP contribution in [0.25, 0.3) is 11.1 Å². The number of benzene rings is 1. The molecule has 0 fully saturated rings. The molecule has 2 aromatic heterocycles. The minimum absolute atomic E-state index is 0.0502. The van der Waals surface area contributed by atoms with Gasteiger partial charge in [0.1, 0.15) is 6.26 Å². The van der Waals surface area contributed by atoms with Gasteiger partial charge in [0.2, 0.25) is 0 Å². The van der Waals surface area contributed by atoms with Crippen molar-refractivity contribution < 1.29 is 17.4 Å². The highest BCUT2D eigenvalue weighted by Gasteiger charge is 2.17. The average molecular weight is 281 g/mol. The van der Waals surface area contributed by atoms with Crippen molar-refractivity contribution in [3.05, 3.63) is 41.1 Å². The maximum Gasteiger partial charge on any atom is 0.417 e. The first kappa shape index (κ1) is 11.5. The van der Waals surface area contributed by atoms with E-state index in [1.165, 1.54) is 30.5 Å². The van der Waals surface area contributed by atoms with Crippen LogP contribution in [0.15, 0.2) is 49.2 Å². The number of sulfonamides is 1. The predicted molar refractivity (Wildman–Crippen MR) is 64.1 cm³/mol. The van der Waals surface area contributed by atoms with Crippen LogP contribution < -0.4 is 10.5 Å². The molecule has 0 unspecified atom stereocenters. The van der Waals surface area contributed by atoms with E-state index < -0.39 is 15.8 Å². The molecule has 0 aliphatic carbocycles. The summed E-state index contributed by atoms with van der Waals surface area (Å²) in [7, 11) is -3.81. The fraction of sp³-hybridized carbons (Fsp3) is 0. The highest BCUT2D eigenvalue weighted by molar-refractivity contribution is 7.92. The molecule has 1 aromatic carbocycles. The summed E-state index contributed by atoms with van der Waals surface area (Å²) in [6.45, 7) is 0. The fourth-order valence-corrected chi connectivity index (χ4v) is 2.56. The molecule has 0 saturated carbocycles. The molecule has 0 saturated heterocycles. The molecule has 2 N–H and O–H groups in total. The van der Waals surface area contributed by atoms with Crippen LogP contribution in [0.1, 0.15) is 0 Å². The summed E-state index contributed by atoms with van der Waals surface area (Å²) in [6, 6.07) is 5.40. The van der Waals surface area contributed by atoms with Crippen molar-refractivity contribution >= 4 is 26.9 Å². The van der Waals surface area contributed by atoms with Gasteiger partial charge < -0.3 is 8.94 Å². The van der Waals surface area contributed by atoms with Gasteiger partial charge in [-0.25, -0.2) is 13.2 Å². The standard InChI is InChI=1S/C10H7N3O5S/c14-10-11-7-2-1-6(5-8(7)18-10)19(15,16)13-9-3-4-17-12-9/h1-5H,(H,11,14)(H,12,13). The number of fused-ring (bicyclic) bond motifs is 1. The number of aromatic nitrogens is 2. The molecule has 2 heterocycles. The number of rotatable bonds is 3. The number of H-pyrrole nitrogens is 1. The molecule has 0 aliphatic rings. The van der Waals surface area contributed by atoms with Gasteiger partial charge in [0.25, 0.3) is 10.0 Å². The second kappa shape index (κ2) is 3.99. The lowest BCUT2D eigenvalue weighted by molar-refractivity contribution is 0.423. The van der Waals surface area contributed by atoms with E-state index in [1.807, 2.05) is 0 Å². The minimum atomic E-state index is -3.81. The molecule has 8 nitrogen and oxygen atoms in total. The average Bonchev–Trinajstić information content (AvgIpc) is 2.95. The molecular weight excluding hydrogens is 274 g/mol. The van der Waals surface area contributed by atoms with Gasteiger partial charge in [-0.2, -0.15) is 0 Å². The van der Waals surface area contributed by atoms with Gasteiger partial charge >= 0.3 is 5.76 Å². The number of anilines is 1. The Morgan fingerprint density at radius 1 is 1.26 bits per heavy atom. The highest BCUT2D eigenvalue weighted by atomic mass is 32.2. The molecule has 19 heavy (non-hydrogen) atoms. The maximum atomic E-state index is 12.0. The molecule has 3 rings (SSSR count). The first-order valence-electron chi connectivity index (χ1n) is 5.11. The second-order valence-electron chi connectivity index (χ2n) is 3.66. The lowest BCUT2D eigenvalue weighted by Crippen LogP contribution is -2.12. The smallest absolute Gasteiger partial charge is 0.408 e. The number of hydrogen-bond acceptors (Lipinski definition) is 6. The summed E-state index contributed by atoms with van der Waals surface area (Å²) < 4.78 is 35.6. The van der Waals surface area contributed by atoms with Crippen molar-refractivity contribution in [2.45, 2.75) is 4.90 Å². The van der Waals surface area contributed by atoms with E-state index in [0.29, 0.717) is 5.52 Å². The summed E-state index contributed by atoms with van der Waals surface area (Å²) in [5.41, 5.74) is 0.582. The van der Waals surface area contributed by atoms with E-state index in [9.17, 15) is 13.2 Å². The van der Waals surface area contributed by atoms with Crippen molar-refractivity contribution in [2.75, 3.05) is 4.72 Å². The molecule has 0 atom stereocenters. The van der Waals surface area contributed by atoms with E-state index in [2.05, 4.69) is 19.4 Å². The van der Waals surface area contributed by atoms with Gasteiger partial charge in [-0.15, -0.1) is 0 Å². The summed E-state index contributed by atoms with van der Waals surface area (Å²) in [6.07, 6.45) is 1.24. The molecule has 0 bridgehead atoms. The maximum absolute atomic E-state index is 12.0. The number of aromatic amines is 1. The molecule has 3 aromatic rings. The van der Waals surface area contributed by atoms with Crippen LogP contribution in [0.2, 0.25) is 0 Å². The third-order valence-electron chi connectivity index (χ3n) is 2.38. The molecule has 9 heteroatoms. The summed E-state index contributed by atoms with van der Waals surface area (Å²) >= 11 is 0. The van der Waals surface area contributed by atoms with E-state index in [0.717, 1.165) is 0 Å². The first-order chi connectivity index (χ1) is 9.04. The van der Waals surface area contributed by atoms with Crippen LogP contribution in [0.4, 0.5) is 5.82 Å². The number of hydrogen-bond donors (Lipinski definition) is 2. The molecule has 0 amide bonds. The number of nitrogens with one attached hydrogen (secondary N) is 2. The van der Waals surface area contributed by atoms with Gasteiger partial charge in [-0.3, -0.25) is 9.71 Å². The van der Waals surface area contributed by atoms with Gasteiger partial charge in [-0.05, 0) is 12.1 Å². The molecule has 0 spiro atoms. The molecule has 0 radical (unpaired) electrons. The van der Waals surface area contributed by atoms with E-state index in [-0.39, 0.29) is 16.3 Å². The fourth-order valence-electron chi connectivity index (χ4n) is 1.55. The van der Waals surface area contributed by atoms with Crippen LogP contribution in [0, 0.1) is 0 Å². The van der Waals surface area contributed by atoms with E-state index in [4.69, 9.17) is 4.42 Å². The lowest BCUT2D eigenvalue weighted by atomic mass is 10.3. The Morgan fingerprint density at radius 2 is 2.11 bits per heavy atom. The van der Waals surface area contributed by atoms with E-state index in [1.54, 1.807) is 0 Å². The molecule has 98 valence electrons. The van der Waals surface area contributed by atoms with Crippen molar-refractivity contribution in [1.82, 2.24) is 10.1 Å². The summed E-state index contributed by atoms with van der Waals surface area (Å²) in [4.78, 5) is 13.4. The molecule has 0 aliphatic heterocycles. The Bertz CT molecular complexity index is 875. The number of oxazole rings is 1. The third kappa shape index (κ3) is 2.10. The topological polar surface area (TPSA) is 118 Å². The summed E-state index contributed by atoms with van der Waals surface area (Å²) in [5, 5.41) is 3.45. The second-order valence-corrected chi connectivity index (χ2v) is 5.35. The van der Waals surface area contributed by atoms with Crippen LogP contribution in [0.5, 0.6) is 0 Å². The zero-order chi connectivity index (χ0) is 13.5. The number of nitrogens with zero attached hydrogens (tertiary/aromatic N) is 1. The normalized spacial score (nSPS) is 11.8. The Labute approximate surface area is 106 Å². The van der Waals surface area contributed by atoms with Crippen molar-refractivity contribution in [3.63, 3.8) is 0 Å². The Morgan fingerprint density at radius 3 is 2.84 bits per heavy atom. The largest absolute Gasteiger partial charge is 0.417 e. The van der Waals surface area contributed by atoms with Gasteiger partial charge in [-0.1, -0.05) is 5.16 Å². The zero-order valence-electron chi connectivity index (χ0n) is 9.28. The van der Waals surface area contributed by atoms with E-state index >= 15 is 0 Å². The van der Waals surface area contributed by atoms with Crippen LogP contribution in [-0.2, 0) is 10.0 Å². The van der Waals surface area contributed by atoms with Crippen molar-refractivity contribution in [1.29, 1.82) is 0 Å². The van der Waals surface area contributed by atoms with Crippen LogP contribution in [-0.4, -0.2) is 18.6 Å². The van der Waals surface area contributed by atoms with Gasteiger partial charge in [0.05, 0.1) is 10.4 Å². The minimum Gasteiger partial charge on any atom is -0.408 e. The molecular formula is C10H7N3O5S. The third-order valence-corrected chi connectivity index (χ3v) is 3.73. The zero-order valence-corrected chi connectivity index (χ0v) is 10.1.